The molecule has 0 aromatic carbocycles. The number of rotatable bonds is 4. The minimum atomic E-state index is 0.528. The van der Waals surface area contributed by atoms with Crippen LogP contribution in [0.3, 0.4) is 0 Å². The van der Waals surface area contributed by atoms with E-state index in [-0.39, 0.29) is 0 Å². The van der Waals surface area contributed by atoms with Crippen LogP contribution in [0.5, 0.6) is 0 Å². The number of hydrogen-bond donors (Lipinski definition) is 1. The molecule has 1 saturated carbocycles. The van der Waals surface area contributed by atoms with E-state index in [9.17, 15) is 0 Å². The molecule has 100 valence electrons. The normalized spacial score (nSPS) is 29.3. The van der Waals surface area contributed by atoms with Crippen molar-refractivity contribution in [3.63, 3.8) is 0 Å². The molecule has 1 atom stereocenters. The quantitative estimate of drug-likeness (QED) is 0.810. The molecule has 1 N–H and O–H groups in total. The molecule has 0 bridgehead atoms. The van der Waals surface area contributed by atoms with Gasteiger partial charge in [0.1, 0.15) is 0 Å². The summed E-state index contributed by atoms with van der Waals surface area (Å²) in [6.07, 6.45) is 8.36. The summed E-state index contributed by atoms with van der Waals surface area (Å²) in [4.78, 5) is 2.84. The van der Waals surface area contributed by atoms with Crippen LogP contribution in [0.25, 0.3) is 0 Å². The molecule has 1 saturated heterocycles. The first-order valence-corrected chi connectivity index (χ1v) is 7.65. The molecule has 2 aliphatic rings. The summed E-state index contributed by atoms with van der Waals surface area (Å²) in [5.74, 6) is 0.836. The average molecular weight is 238 g/mol. The number of hydrogen-bond acceptors (Lipinski definition) is 2. The molecule has 0 amide bonds. The van der Waals surface area contributed by atoms with Gasteiger partial charge >= 0.3 is 0 Å². The van der Waals surface area contributed by atoms with Gasteiger partial charge in [-0.05, 0) is 38.1 Å². The van der Waals surface area contributed by atoms with Gasteiger partial charge in [-0.1, -0.05) is 33.6 Å². The second-order valence-corrected chi connectivity index (χ2v) is 6.55. The van der Waals surface area contributed by atoms with E-state index in [0.717, 1.165) is 12.0 Å². The fraction of sp³-hybridized carbons (Fsp3) is 1.00. The van der Waals surface area contributed by atoms with Gasteiger partial charge in [-0.15, -0.1) is 0 Å². The fourth-order valence-corrected chi connectivity index (χ4v) is 3.51. The Morgan fingerprint density at radius 3 is 2.59 bits per heavy atom. The Labute approximate surface area is 107 Å². The third-order valence-electron chi connectivity index (χ3n) is 4.83. The third kappa shape index (κ3) is 3.03. The van der Waals surface area contributed by atoms with Crippen molar-refractivity contribution in [3.05, 3.63) is 0 Å². The van der Waals surface area contributed by atoms with Gasteiger partial charge in [0.25, 0.3) is 0 Å². The van der Waals surface area contributed by atoms with Crippen LogP contribution in [-0.4, -0.2) is 36.1 Å². The molecule has 1 unspecified atom stereocenters. The molecule has 2 fully saturated rings. The minimum absolute atomic E-state index is 0.528. The highest BCUT2D eigenvalue weighted by molar-refractivity contribution is 5.01. The Kier molecular flexibility index (Phi) is 4.48. The van der Waals surface area contributed by atoms with Gasteiger partial charge in [-0.2, -0.15) is 0 Å². The van der Waals surface area contributed by atoms with Crippen LogP contribution in [0.2, 0.25) is 0 Å². The van der Waals surface area contributed by atoms with E-state index in [1.165, 1.54) is 58.2 Å². The first-order chi connectivity index (χ1) is 8.16. The van der Waals surface area contributed by atoms with Gasteiger partial charge in [0, 0.05) is 24.7 Å². The van der Waals surface area contributed by atoms with E-state index in [0.29, 0.717) is 5.54 Å². The second-order valence-electron chi connectivity index (χ2n) is 6.55. The topological polar surface area (TPSA) is 15.3 Å². The lowest BCUT2D eigenvalue weighted by Crippen LogP contribution is -2.63. The van der Waals surface area contributed by atoms with Crippen LogP contribution < -0.4 is 5.32 Å². The van der Waals surface area contributed by atoms with E-state index in [4.69, 9.17) is 0 Å². The first kappa shape index (κ1) is 13.4. The first-order valence-electron chi connectivity index (χ1n) is 7.65. The van der Waals surface area contributed by atoms with E-state index >= 15 is 0 Å². The molecule has 2 rings (SSSR count). The molecule has 0 aromatic rings. The lowest BCUT2D eigenvalue weighted by atomic mass is 9.89. The smallest absolute Gasteiger partial charge is 0.0334 e. The predicted octanol–water partition coefficient (Wildman–Crippen LogP) is 3.03. The van der Waals surface area contributed by atoms with Crippen molar-refractivity contribution >= 4 is 0 Å². The number of nitrogens with one attached hydrogen (secondary N) is 1. The number of piperazine rings is 1. The Hall–Kier alpha value is -0.0800. The maximum atomic E-state index is 3.78. The maximum absolute atomic E-state index is 3.78. The summed E-state index contributed by atoms with van der Waals surface area (Å²) in [7, 11) is 0. The highest BCUT2D eigenvalue weighted by atomic mass is 15.3. The van der Waals surface area contributed by atoms with Crippen LogP contribution in [-0.2, 0) is 0 Å². The maximum Gasteiger partial charge on any atom is 0.0334 e. The molecule has 0 radical (unpaired) electrons. The van der Waals surface area contributed by atoms with E-state index < -0.39 is 0 Å². The molecular weight excluding hydrogens is 208 g/mol. The molecule has 1 spiro atoms. The molecule has 1 heterocycles. The summed E-state index contributed by atoms with van der Waals surface area (Å²) in [5.41, 5.74) is 0.528. The van der Waals surface area contributed by atoms with Crippen molar-refractivity contribution < 1.29 is 0 Å². The summed E-state index contributed by atoms with van der Waals surface area (Å²) < 4.78 is 0. The predicted molar refractivity (Wildman–Crippen MR) is 74.3 cm³/mol. The van der Waals surface area contributed by atoms with Gasteiger partial charge in [0.05, 0.1) is 0 Å². The lowest BCUT2D eigenvalue weighted by Gasteiger charge is -2.48. The zero-order valence-corrected chi connectivity index (χ0v) is 12.0. The van der Waals surface area contributed by atoms with Crippen molar-refractivity contribution in [3.8, 4) is 0 Å². The van der Waals surface area contributed by atoms with Crippen molar-refractivity contribution in [1.29, 1.82) is 0 Å². The molecule has 17 heavy (non-hydrogen) atoms. The van der Waals surface area contributed by atoms with E-state index in [2.05, 4.69) is 31.0 Å². The monoisotopic (exact) mass is 238 g/mol. The van der Waals surface area contributed by atoms with E-state index in [1.54, 1.807) is 0 Å². The highest BCUT2D eigenvalue weighted by Gasteiger charge is 2.42. The summed E-state index contributed by atoms with van der Waals surface area (Å²) >= 11 is 0. The van der Waals surface area contributed by atoms with Gasteiger partial charge in [-0.25, -0.2) is 0 Å². The van der Waals surface area contributed by atoms with Crippen LogP contribution in [0.15, 0.2) is 0 Å². The minimum Gasteiger partial charge on any atom is -0.311 e. The van der Waals surface area contributed by atoms with E-state index in [1.807, 2.05) is 0 Å². The Morgan fingerprint density at radius 1 is 1.29 bits per heavy atom. The van der Waals surface area contributed by atoms with Crippen LogP contribution >= 0.6 is 0 Å². The third-order valence-corrected chi connectivity index (χ3v) is 4.83. The molecule has 2 nitrogen and oxygen atoms in total. The standard InChI is InChI=1S/C15H30N2/c1-4-14-11-17(10-7-13(2)3)15(12-16-14)8-5-6-9-15/h13-14,16H,4-12H2,1-3H3. The summed E-state index contributed by atoms with van der Waals surface area (Å²) in [6.45, 7) is 10.8. The lowest BCUT2D eigenvalue weighted by molar-refractivity contribution is 0.0384. The Bertz CT molecular complexity index is 231. The van der Waals surface area contributed by atoms with Gasteiger partial charge in [-0.3, -0.25) is 4.90 Å². The molecule has 0 aromatic heterocycles. The molecule has 1 aliphatic carbocycles. The van der Waals surface area contributed by atoms with Gasteiger partial charge in [0.15, 0.2) is 0 Å². The highest BCUT2D eigenvalue weighted by Crippen LogP contribution is 2.37. The summed E-state index contributed by atoms with van der Waals surface area (Å²) in [5, 5.41) is 3.78. The van der Waals surface area contributed by atoms with Crippen molar-refractivity contribution in [2.24, 2.45) is 5.92 Å². The fourth-order valence-electron chi connectivity index (χ4n) is 3.51. The molecule has 2 heteroatoms. The van der Waals surface area contributed by atoms with Crippen molar-refractivity contribution in [1.82, 2.24) is 10.2 Å². The van der Waals surface area contributed by atoms with Crippen molar-refractivity contribution in [2.75, 3.05) is 19.6 Å². The zero-order valence-electron chi connectivity index (χ0n) is 12.0. The molecular formula is C15H30N2. The summed E-state index contributed by atoms with van der Waals surface area (Å²) in [6, 6.07) is 0.730. The van der Waals surface area contributed by atoms with Crippen LogP contribution in [0, 0.1) is 5.92 Å². The number of nitrogens with zero attached hydrogens (tertiary/aromatic N) is 1. The second kappa shape index (κ2) is 5.71. The Morgan fingerprint density at radius 2 is 2.00 bits per heavy atom. The largest absolute Gasteiger partial charge is 0.311 e. The van der Waals surface area contributed by atoms with Crippen LogP contribution in [0.1, 0.15) is 59.3 Å². The molecule has 1 aliphatic heterocycles. The SMILES string of the molecule is CCC1CN(CCC(C)C)C2(CCCC2)CN1. The average Bonchev–Trinajstić information content (AvgIpc) is 2.77. The van der Waals surface area contributed by atoms with Gasteiger partial charge in [0.2, 0.25) is 0 Å². The van der Waals surface area contributed by atoms with Crippen molar-refractivity contribution in [2.45, 2.75) is 70.9 Å². The van der Waals surface area contributed by atoms with Crippen LogP contribution in [0.4, 0.5) is 0 Å². The zero-order chi connectivity index (χ0) is 12.3. The Balaban J connectivity index is 1.98. The van der Waals surface area contributed by atoms with Gasteiger partial charge < -0.3 is 5.32 Å².